The molecule has 0 spiro atoms. The number of carbonyl (C=O) groups is 2. The van der Waals surface area contributed by atoms with Crippen molar-refractivity contribution in [2.24, 2.45) is 7.05 Å². The lowest BCUT2D eigenvalue weighted by Gasteiger charge is -2.36. The number of hydrogen-bond acceptors (Lipinski definition) is 3. The Morgan fingerprint density at radius 3 is 2.74 bits per heavy atom. The van der Waals surface area contributed by atoms with E-state index in [4.69, 9.17) is 0 Å². The highest BCUT2D eigenvalue weighted by Crippen LogP contribution is 2.12. The topological polar surface area (TPSA) is 57.6 Å². The van der Waals surface area contributed by atoms with Gasteiger partial charge < -0.3 is 19.7 Å². The molecule has 1 aliphatic heterocycles. The largest absolute Gasteiger partial charge is 0.347 e. The maximum atomic E-state index is 12.5. The summed E-state index contributed by atoms with van der Waals surface area (Å²) in [5.41, 5.74) is 0.610. The SMILES string of the molecule is CN(C)C(=O)C1CNCCN1C(=O)c1cccn1C. The summed E-state index contributed by atoms with van der Waals surface area (Å²) in [6.45, 7) is 1.77. The van der Waals surface area contributed by atoms with E-state index >= 15 is 0 Å². The van der Waals surface area contributed by atoms with Crippen LogP contribution >= 0.6 is 0 Å². The van der Waals surface area contributed by atoms with Crippen LogP contribution in [-0.4, -0.2) is 66.0 Å². The fourth-order valence-electron chi connectivity index (χ4n) is 2.30. The van der Waals surface area contributed by atoms with E-state index in [-0.39, 0.29) is 11.8 Å². The van der Waals surface area contributed by atoms with Crippen LogP contribution in [0, 0.1) is 0 Å². The van der Waals surface area contributed by atoms with Gasteiger partial charge in [0.25, 0.3) is 5.91 Å². The van der Waals surface area contributed by atoms with Gasteiger partial charge in [-0.25, -0.2) is 0 Å². The van der Waals surface area contributed by atoms with E-state index in [2.05, 4.69) is 5.32 Å². The normalized spacial score (nSPS) is 19.3. The van der Waals surface area contributed by atoms with Crippen molar-refractivity contribution in [1.82, 2.24) is 19.7 Å². The molecule has 2 amide bonds. The second-order valence-electron chi connectivity index (χ2n) is 4.96. The van der Waals surface area contributed by atoms with Gasteiger partial charge in [-0.1, -0.05) is 0 Å². The van der Waals surface area contributed by atoms with Crippen LogP contribution in [0.4, 0.5) is 0 Å². The lowest BCUT2D eigenvalue weighted by Crippen LogP contribution is -2.59. The summed E-state index contributed by atoms with van der Waals surface area (Å²) in [6.07, 6.45) is 1.83. The van der Waals surface area contributed by atoms with E-state index in [1.165, 1.54) is 4.90 Å². The molecule has 1 fully saturated rings. The molecule has 0 saturated carbocycles. The second-order valence-corrected chi connectivity index (χ2v) is 4.96. The Labute approximate surface area is 113 Å². The van der Waals surface area contributed by atoms with E-state index in [0.717, 1.165) is 0 Å². The number of rotatable bonds is 2. The molecule has 0 bridgehead atoms. The minimum Gasteiger partial charge on any atom is -0.347 e. The maximum Gasteiger partial charge on any atom is 0.271 e. The molecule has 1 unspecified atom stereocenters. The molecule has 104 valence electrons. The average molecular weight is 264 g/mol. The molecule has 2 heterocycles. The standard InChI is InChI=1S/C13H20N4O2/c1-15(2)12(18)11-9-14-6-8-17(11)13(19)10-5-4-7-16(10)3/h4-5,7,11,14H,6,8-9H2,1-3H3. The highest BCUT2D eigenvalue weighted by atomic mass is 16.2. The Kier molecular flexibility index (Phi) is 3.90. The fourth-order valence-corrected chi connectivity index (χ4v) is 2.30. The van der Waals surface area contributed by atoms with Crippen molar-refractivity contribution in [2.45, 2.75) is 6.04 Å². The molecule has 0 radical (unpaired) electrons. The van der Waals surface area contributed by atoms with E-state index in [9.17, 15) is 9.59 Å². The van der Waals surface area contributed by atoms with Crippen LogP contribution in [0.15, 0.2) is 18.3 Å². The van der Waals surface area contributed by atoms with Crippen LogP contribution < -0.4 is 5.32 Å². The molecule has 1 saturated heterocycles. The smallest absolute Gasteiger partial charge is 0.271 e. The quantitative estimate of drug-likeness (QED) is 0.785. The number of nitrogens with one attached hydrogen (secondary N) is 1. The van der Waals surface area contributed by atoms with Crippen molar-refractivity contribution in [3.05, 3.63) is 24.0 Å². The number of piperazine rings is 1. The van der Waals surface area contributed by atoms with Crippen LogP contribution in [-0.2, 0) is 11.8 Å². The zero-order valence-corrected chi connectivity index (χ0v) is 11.6. The molecule has 1 N–H and O–H groups in total. The van der Waals surface area contributed by atoms with Crippen molar-refractivity contribution >= 4 is 11.8 Å². The van der Waals surface area contributed by atoms with Crippen LogP contribution in [0.3, 0.4) is 0 Å². The third-order valence-electron chi connectivity index (χ3n) is 3.39. The molecule has 0 aromatic carbocycles. The van der Waals surface area contributed by atoms with Gasteiger partial charge in [-0.15, -0.1) is 0 Å². The molecule has 6 nitrogen and oxygen atoms in total. The van der Waals surface area contributed by atoms with Gasteiger partial charge in [0, 0.05) is 47.0 Å². The van der Waals surface area contributed by atoms with Crippen molar-refractivity contribution in [3.63, 3.8) is 0 Å². The van der Waals surface area contributed by atoms with Gasteiger partial charge in [-0.2, -0.15) is 0 Å². The number of amides is 2. The highest BCUT2D eigenvalue weighted by molar-refractivity contribution is 5.96. The lowest BCUT2D eigenvalue weighted by atomic mass is 10.1. The van der Waals surface area contributed by atoms with Crippen LogP contribution in [0.5, 0.6) is 0 Å². The number of likely N-dealkylation sites (N-methyl/N-ethyl adjacent to an activating group) is 1. The molecular weight excluding hydrogens is 244 g/mol. The predicted octanol–water partition coefficient (Wildman–Crippen LogP) is -0.473. The van der Waals surface area contributed by atoms with Gasteiger partial charge in [0.05, 0.1) is 0 Å². The summed E-state index contributed by atoms with van der Waals surface area (Å²) in [5, 5.41) is 3.17. The summed E-state index contributed by atoms with van der Waals surface area (Å²) < 4.78 is 1.78. The summed E-state index contributed by atoms with van der Waals surface area (Å²) in [4.78, 5) is 27.9. The zero-order valence-electron chi connectivity index (χ0n) is 11.6. The Morgan fingerprint density at radius 2 is 2.16 bits per heavy atom. The first-order valence-corrected chi connectivity index (χ1v) is 6.36. The number of nitrogens with zero attached hydrogens (tertiary/aromatic N) is 3. The van der Waals surface area contributed by atoms with Crippen molar-refractivity contribution in [3.8, 4) is 0 Å². The number of aromatic nitrogens is 1. The Morgan fingerprint density at radius 1 is 1.42 bits per heavy atom. The predicted molar refractivity (Wildman–Crippen MR) is 71.8 cm³/mol. The maximum absolute atomic E-state index is 12.5. The Balaban J connectivity index is 2.23. The van der Waals surface area contributed by atoms with E-state index in [1.807, 2.05) is 19.3 Å². The summed E-state index contributed by atoms with van der Waals surface area (Å²) in [7, 11) is 5.25. The van der Waals surface area contributed by atoms with Crippen LogP contribution in [0.25, 0.3) is 0 Å². The third kappa shape index (κ3) is 2.63. The average Bonchev–Trinajstić information content (AvgIpc) is 2.83. The molecule has 1 atom stereocenters. The fraction of sp³-hybridized carbons (Fsp3) is 0.538. The van der Waals surface area contributed by atoms with Crippen molar-refractivity contribution < 1.29 is 9.59 Å². The summed E-state index contributed by atoms with van der Waals surface area (Å²) in [6, 6.07) is 3.19. The summed E-state index contributed by atoms with van der Waals surface area (Å²) >= 11 is 0. The molecule has 2 rings (SSSR count). The number of carbonyl (C=O) groups excluding carboxylic acids is 2. The summed E-state index contributed by atoms with van der Waals surface area (Å²) in [5.74, 6) is -0.135. The Hall–Kier alpha value is -1.82. The molecule has 19 heavy (non-hydrogen) atoms. The Bertz CT molecular complexity index is 481. The van der Waals surface area contributed by atoms with E-state index < -0.39 is 6.04 Å². The molecular formula is C13H20N4O2. The van der Waals surface area contributed by atoms with Gasteiger partial charge in [-0.3, -0.25) is 9.59 Å². The first-order chi connectivity index (χ1) is 9.02. The number of aryl methyl sites for hydroxylation is 1. The molecule has 6 heteroatoms. The van der Waals surface area contributed by atoms with E-state index in [1.54, 1.807) is 29.6 Å². The van der Waals surface area contributed by atoms with Gasteiger partial charge >= 0.3 is 0 Å². The van der Waals surface area contributed by atoms with Gasteiger partial charge in [0.2, 0.25) is 5.91 Å². The van der Waals surface area contributed by atoms with Gasteiger partial charge in [0.15, 0.2) is 0 Å². The van der Waals surface area contributed by atoms with E-state index in [0.29, 0.717) is 25.3 Å². The molecule has 1 aromatic heterocycles. The molecule has 1 aromatic rings. The second kappa shape index (κ2) is 5.44. The first kappa shape index (κ1) is 13.6. The zero-order chi connectivity index (χ0) is 14.0. The monoisotopic (exact) mass is 264 g/mol. The van der Waals surface area contributed by atoms with Crippen LogP contribution in [0.2, 0.25) is 0 Å². The number of hydrogen-bond donors (Lipinski definition) is 1. The minimum atomic E-state index is -0.425. The highest BCUT2D eigenvalue weighted by Gasteiger charge is 2.34. The molecule has 0 aliphatic carbocycles. The third-order valence-corrected chi connectivity index (χ3v) is 3.39. The van der Waals surface area contributed by atoms with Gasteiger partial charge in [-0.05, 0) is 12.1 Å². The van der Waals surface area contributed by atoms with Crippen molar-refractivity contribution in [2.75, 3.05) is 33.7 Å². The minimum absolute atomic E-state index is 0.0465. The first-order valence-electron chi connectivity index (χ1n) is 6.36. The van der Waals surface area contributed by atoms with Crippen LogP contribution in [0.1, 0.15) is 10.5 Å². The van der Waals surface area contributed by atoms with Gasteiger partial charge in [0.1, 0.15) is 11.7 Å². The molecule has 1 aliphatic rings. The van der Waals surface area contributed by atoms with Crippen molar-refractivity contribution in [1.29, 1.82) is 0 Å². The lowest BCUT2D eigenvalue weighted by molar-refractivity contribution is -0.134.